The van der Waals surface area contributed by atoms with E-state index in [4.69, 9.17) is 4.74 Å². The number of rotatable bonds is 4. The molecule has 3 nitrogen and oxygen atoms in total. The quantitative estimate of drug-likeness (QED) is 0.447. The highest BCUT2D eigenvalue weighted by Gasteiger charge is 2.34. The second-order valence-electron chi connectivity index (χ2n) is 6.41. The molecule has 3 aromatic carbocycles. The van der Waals surface area contributed by atoms with Crippen LogP contribution in [0.15, 0.2) is 72.8 Å². The van der Waals surface area contributed by atoms with Crippen LogP contribution in [0.4, 0.5) is 13.2 Å². The molecule has 4 rings (SSSR count). The maximum Gasteiger partial charge on any atom is 0.418 e. The smallest absolute Gasteiger partial charge is 0.418 e. The van der Waals surface area contributed by atoms with Crippen molar-refractivity contribution in [2.24, 2.45) is 0 Å². The molecule has 28 heavy (non-hydrogen) atoms. The minimum atomic E-state index is -4.47. The number of methoxy groups -OCH3 is 1. The lowest BCUT2D eigenvalue weighted by Gasteiger charge is -2.14. The Balaban J connectivity index is 1.94. The van der Waals surface area contributed by atoms with Crippen molar-refractivity contribution >= 4 is 11.0 Å². The van der Waals surface area contributed by atoms with Crippen LogP contribution >= 0.6 is 0 Å². The first-order valence-corrected chi connectivity index (χ1v) is 8.72. The van der Waals surface area contributed by atoms with Crippen molar-refractivity contribution in [3.63, 3.8) is 0 Å². The largest absolute Gasteiger partial charge is 0.497 e. The van der Waals surface area contributed by atoms with Gasteiger partial charge in [-0.15, -0.1) is 0 Å². The first-order chi connectivity index (χ1) is 13.5. The Morgan fingerprint density at radius 2 is 1.61 bits per heavy atom. The van der Waals surface area contributed by atoms with Crippen molar-refractivity contribution < 1.29 is 17.9 Å². The maximum absolute atomic E-state index is 13.7. The Morgan fingerprint density at radius 1 is 0.893 bits per heavy atom. The summed E-state index contributed by atoms with van der Waals surface area (Å²) >= 11 is 0. The van der Waals surface area contributed by atoms with E-state index >= 15 is 0 Å². The van der Waals surface area contributed by atoms with Crippen LogP contribution in [0.2, 0.25) is 0 Å². The van der Waals surface area contributed by atoms with Gasteiger partial charge in [0.15, 0.2) is 0 Å². The number of para-hydroxylation sites is 1. The SMILES string of the molecule is COc1ccc(Cn2c(-c3ccccc3)nc3cccc(C(F)(F)F)c32)cc1. The molecule has 1 heterocycles. The Kier molecular flexibility index (Phi) is 4.55. The molecule has 0 aliphatic carbocycles. The summed E-state index contributed by atoms with van der Waals surface area (Å²) in [6, 6.07) is 20.6. The fourth-order valence-corrected chi connectivity index (χ4v) is 3.29. The Bertz CT molecular complexity index is 1100. The summed E-state index contributed by atoms with van der Waals surface area (Å²) in [5, 5.41) is 0. The number of imidazole rings is 1. The first-order valence-electron chi connectivity index (χ1n) is 8.72. The molecule has 0 aliphatic heterocycles. The first kappa shape index (κ1) is 18.1. The van der Waals surface area contributed by atoms with Crippen LogP contribution in [-0.4, -0.2) is 16.7 Å². The van der Waals surface area contributed by atoms with Crippen molar-refractivity contribution in [1.82, 2.24) is 9.55 Å². The molecular weight excluding hydrogens is 365 g/mol. The highest BCUT2D eigenvalue weighted by molar-refractivity contribution is 5.84. The molecule has 0 bridgehead atoms. The fourth-order valence-electron chi connectivity index (χ4n) is 3.29. The van der Waals surface area contributed by atoms with E-state index in [9.17, 15) is 13.2 Å². The van der Waals surface area contributed by atoms with E-state index in [0.717, 1.165) is 17.2 Å². The van der Waals surface area contributed by atoms with Gasteiger partial charge in [-0.05, 0) is 29.8 Å². The lowest BCUT2D eigenvalue weighted by Crippen LogP contribution is -2.10. The molecule has 0 radical (unpaired) electrons. The van der Waals surface area contributed by atoms with Gasteiger partial charge >= 0.3 is 6.18 Å². The molecule has 4 aromatic rings. The minimum absolute atomic E-state index is 0.0877. The second-order valence-corrected chi connectivity index (χ2v) is 6.41. The summed E-state index contributed by atoms with van der Waals surface area (Å²) in [5.74, 6) is 1.20. The molecule has 0 spiro atoms. The van der Waals surface area contributed by atoms with Gasteiger partial charge in [-0.2, -0.15) is 13.2 Å². The molecular formula is C22H17F3N2O. The lowest BCUT2D eigenvalue weighted by molar-refractivity contribution is -0.136. The number of nitrogens with zero attached hydrogens (tertiary/aromatic N) is 2. The zero-order chi connectivity index (χ0) is 19.7. The van der Waals surface area contributed by atoms with Crippen molar-refractivity contribution in [1.29, 1.82) is 0 Å². The summed E-state index contributed by atoms with van der Waals surface area (Å²) < 4.78 is 47.9. The van der Waals surface area contributed by atoms with Gasteiger partial charge in [-0.3, -0.25) is 0 Å². The standard InChI is InChI=1S/C22H17F3N2O/c1-28-17-12-10-15(11-13-17)14-27-20-18(22(23,24)25)8-5-9-19(20)26-21(27)16-6-3-2-4-7-16/h2-13H,14H2,1H3. The molecule has 0 amide bonds. The number of hydrogen-bond acceptors (Lipinski definition) is 2. The van der Waals surface area contributed by atoms with E-state index in [0.29, 0.717) is 17.1 Å². The van der Waals surface area contributed by atoms with Crippen LogP contribution in [0, 0.1) is 0 Å². The third-order valence-corrected chi connectivity index (χ3v) is 4.60. The number of halogens is 3. The molecule has 0 N–H and O–H groups in total. The molecule has 142 valence electrons. The third-order valence-electron chi connectivity index (χ3n) is 4.60. The van der Waals surface area contributed by atoms with E-state index in [1.54, 1.807) is 29.9 Å². The molecule has 0 fully saturated rings. The Labute approximate surface area is 160 Å². The normalized spacial score (nSPS) is 11.7. The van der Waals surface area contributed by atoms with Crippen LogP contribution in [0.1, 0.15) is 11.1 Å². The zero-order valence-electron chi connectivity index (χ0n) is 15.1. The van der Waals surface area contributed by atoms with Gasteiger partial charge in [-0.25, -0.2) is 4.98 Å². The number of ether oxygens (including phenoxy) is 1. The summed E-state index contributed by atoms with van der Waals surface area (Å²) in [4.78, 5) is 4.53. The van der Waals surface area contributed by atoms with E-state index in [-0.39, 0.29) is 12.1 Å². The minimum Gasteiger partial charge on any atom is -0.497 e. The lowest BCUT2D eigenvalue weighted by atomic mass is 10.1. The van der Waals surface area contributed by atoms with Gasteiger partial charge in [0.25, 0.3) is 0 Å². The van der Waals surface area contributed by atoms with Crippen LogP contribution < -0.4 is 4.74 Å². The fraction of sp³-hybridized carbons (Fsp3) is 0.136. The van der Waals surface area contributed by atoms with Gasteiger partial charge in [0.1, 0.15) is 11.6 Å². The topological polar surface area (TPSA) is 27.1 Å². The Morgan fingerprint density at radius 3 is 2.25 bits per heavy atom. The van der Waals surface area contributed by atoms with Crippen LogP contribution in [0.3, 0.4) is 0 Å². The molecule has 0 saturated carbocycles. The van der Waals surface area contributed by atoms with Crippen molar-refractivity contribution in [3.05, 3.63) is 83.9 Å². The van der Waals surface area contributed by atoms with Crippen molar-refractivity contribution in [2.75, 3.05) is 7.11 Å². The average Bonchev–Trinajstić information content (AvgIpc) is 3.07. The third kappa shape index (κ3) is 3.33. The highest BCUT2D eigenvalue weighted by atomic mass is 19.4. The molecule has 1 aromatic heterocycles. The van der Waals surface area contributed by atoms with E-state index in [2.05, 4.69) is 4.98 Å². The summed E-state index contributed by atoms with van der Waals surface area (Å²) in [6.07, 6.45) is -4.47. The molecule has 6 heteroatoms. The maximum atomic E-state index is 13.7. The Hall–Kier alpha value is -3.28. The zero-order valence-corrected chi connectivity index (χ0v) is 15.1. The number of hydrogen-bond donors (Lipinski definition) is 0. The predicted octanol–water partition coefficient (Wildman–Crippen LogP) is 5.78. The molecule has 0 aliphatic rings. The number of aromatic nitrogens is 2. The summed E-state index contributed by atoms with van der Waals surface area (Å²) in [5.41, 5.74) is 1.34. The van der Waals surface area contributed by atoms with Crippen molar-refractivity contribution in [3.8, 4) is 17.1 Å². The highest BCUT2D eigenvalue weighted by Crippen LogP contribution is 2.37. The van der Waals surface area contributed by atoms with Gasteiger partial charge in [0, 0.05) is 12.1 Å². The van der Waals surface area contributed by atoms with Gasteiger partial charge in [0.2, 0.25) is 0 Å². The van der Waals surface area contributed by atoms with E-state index < -0.39 is 11.7 Å². The summed E-state index contributed by atoms with van der Waals surface area (Å²) in [7, 11) is 1.57. The second kappa shape index (κ2) is 7.03. The van der Waals surface area contributed by atoms with E-state index in [1.165, 1.54) is 6.07 Å². The van der Waals surface area contributed by atoms with Crippen LogP contribution in [-0.2, 0) is 12.7 Å². The molecule has 0 unspecified atom stereocenters. The monoisotopic (exact) mass is 382 g/mol. The van der Waals surface area contributed by atoms with Crippen molar-refractivity contribution in [2.45, 2.75) is 12.7 Å². The van der Waals surface area contributed by atoms with Crippen LogP contribution in [0.5, 0.6) is 5.75 Å². The summed E-state index contributed by atoms with van der Waals surface area (Å²) in [6.45, 7) is 0.262. The van der Waals surface area contributed by atoms with Crippen LogP contribution in [0.25, 0.3) is 22.4 Å². The van der Waals surface area contributed by atoms with Gasteiger partial charge in [0.05, 0.1) is 23.7 Å². The van der Waals surface area contributed by atoms with E-state index in [1.807, 2.05) is 42.5 Å². The molecule has 0 saturated heterocycles. The molecule has 0 atom stereocenters. The van der Waals surface area contributed by atoms with Gasteiger partial charge in [-0.1, -0.05) is 48.5 Å². The van der Waals surface area contributed by atoms with Gasteiger partial charge < -0.3 is 9.30 Å². The number of fused-ring (bicyclic) bond motifs is 1. The average molecular weight is 382 g/mol. The number of alkyl halides is 3. The predicted molar refractivity (Wildman–Crippen MR) is 102 cm³/mol. The number of benzene rings is 3.